The third-order valence-corrected chi connectivity index (χ3v) is 2.66. The minimum Gasteiger partial charge on any atom is -0.397 e. The second-order valence-corrected chi connectivity index (χ2v) is 4.13. The summed E-state index contributed by atoms with van der Waals surface area (Å²) in [4.78, 5) is 0. The van der Waals surface area contributed by atoms with Gasteiger partial charge in [0.1, 0.15) is 0 Å². The molecule has 0 saturated heterocycles. The summed E-state index contributed by atoms with van der Waals surface area (Å²) in [6.07, 6.45) is 0. The van der Waals surface area contributed by atoms with Crippen LogP contribution in [-0.2, 0) is 6.54 Å². The first-order valence-corrected chi connectivity index (χ1v) is 5.10. The molecular formula is C10H14ClN3. The fourth-order valence-electron chi connectivity index (χ4n) is 1.65. The van der Waals surface area contributed by atoms with Crippen molar-refractivity contribution in [3.8, 4) is 0 Å². The molecule has 3 nitrogen and oxygen atoms in total. The topological polar surface area (TPSA) is 50.1 Å². The molecule has 1 aliphatic rings. The predicted molar refractivity (Wildman–Crippen MR) is 60.7 cm³/mol. The van der Waals surface area contributed by atoms with Crippen molar-refractivity contribution >= 4 is 23.0 Å². The van der Waals surface area contributed by atoms with E-state index in [4.69, 9.17) is 17.3 Å². The van der Waals surface area contributed by atoms with Crippen molar-refractivity contribution in [1.82, 2.24) is 5.32 Å². The van der Waals surface area contributed by atoms with Crippen LogP contribution in [-0.4, -0.2) is 12.6 Å². The fraction of sp³-hybridized carbons (Fsp3) is 0.400. The van der Waals surface area contributed by atoms with E-state index in [2.05, 4.69) is 17.6 Å². The van der Waals surface area contributed by atoms with Crippen LogP contribution >= 0.6 is 11.6 Å². The lowest BCUT2D eigenvalue weighted by atomic mass is 10.1. The number of fused-ring (bicyclic) bond motifs is 1. The first-order chi connectivity index (χ1) is 6.66. The molecule has 2 rings (SSSR count). The SMILES string of the molecule is C[C@H]1CNc2c(N)cc(Cl)cc2CN1. The number of nitrogens with two attached hydrogens (primary N) is 1. The monoisotopic (exact) mass is 211 g/mol. The number of hydrogen-bond donors (Lipinski definition) is 3. The van der Waals surface area contributed by atoms with Crippen molar-refractivity contribution in [2.24, 2.45) is 0 Å². The Balaban J connectivity index is 2.40. The highest BCUT2D eigenvalue weighted by Crippen LogP contribution is 2.29. The van der Waals surface area contributed by atoms with Gasteiger partial charge in [0.25, 0.3) is 0 Å². The zero-order chi connectivity index (χ0) is 10.1. The van der Waals surface area contributed by atoms with Crippen LogP contribution in [0, 0.1) is 0 Å². The second-order valence-electron chi connectivity index (χ2n) is 3.69. The molecule has 1 aromatic carbocycles. The van der Waals surface area contributed by atoms with Crippen molar-refractivity contribution in [3.63, 3.8) is 0 Å². The van der Waals surface area contributed by atoms with Gasteiger partial charge in [-0.3, -0.25) is 0 Å². The van der Waals surface area contributed by atoms with Crippen LogP contribution in [0.5, 0.6) is 0 Å². The highest BCUT2D eigenvalue weighted by atomic mass is 35.5. The van der Waals surface area contributed by atoms with Gasteiger partial charge in [-0.2, -0.15) is 0 Å². The number of rotatable bonds is 0. The number of benzene rings is 1. The highest BCUT2D eigenvalue weighted by molar-refractivity contribution is 6.31. The van der Waals surface area contributed by atoms with Crippen LogP contribution in [0.15, 0.2) is 12.1 Å². The molecule has 1 heterocycles. The maximum absolute atomic E-state index is 5.94. The molecule has 0 bridgehead atoms. The standard InChI is InChI=1S/C10H14ClN3/c1-6-4-14-10-7(5-13-6)2-8(11)3-9(10)12/h2-3,6,13-14H,4-5,12H2,1H3/t6-/m0/s1. The van der Waals surface area contributed by atoms with Crippen LogP contribution in [0.1, 0.15) is 12.5 Å². The van der Waals surface area contributed by atoms with Crippen LogP contribution in [0.2, 0.25) is 5.02 Å². The molecule has 1 aromatic rings. The first kappa shape index (κ1) is 9.62. The Kier molecular flexibility index (Phi) is 2.52. The molecule has 76 valence electrons. The van der Waals surface area contributed by atoms with Crippen molar-refractivity contribution in [2.45, 2.75) is 19.5 Å². The summed E-state index contributed by atoms with van der Waals surface area (Å²) in [5, 5.41) is 7.40. The second kappa shape index (κ2) is 3.67. The van der Waals surface area contributed by atoms with E-state index in [-0.39, 0.29) is 0 Å². The Morgan fingerprint density at radius 1 is 1.50 bits per heavy atom. The van der Waals surface area contributed by atoms with Gasteiger partial charge in [0, 0.05) is 24.2 Å². The van der Waals surface area contributed by atoms with E-state index in [0.717, 1.165) is 30.0 Å². The number of nitrogens with one attached hydrogen (secondary N) is 2. The van der Waals surface area contributed by atoms with Gasteiger partial charge in [-0.05, 0) is 24.6 Å². The number of halogens is 1. The summed E-state index contributed by atoms with van der Waals surface area (Å²) in [7, 11) is 0. The molecule has 0 aliphatic carbocycles. The third kappa shape index (κ3) is 1.79. The molecule has 0 fully saturated rings. The van der Waals surface area contributed by atoms with Gasteiger partial charge < -0.3 is 16.4 Å². The lowest BCUT2D eigenvalue weighted by molar-refractivity contribution is 0.581. The lowest BCUT2D eigenvalue weighted by Crippen LogP contribution is -2.29. The molecule has 4 heteroatoms. The van der Waals surface area contributed by atoms with E-state index < -0.39 is 0 Å². The summed E-state index contributed by atoms with van der Waals surface area (Å²) < 4.78 is 0. The summed E-state index contributed by atoms with van der Waals surface area (Å²) in [5.74, 6) is 0. The Bertz CT molecular complexity index is 351. The van der Waals surface area contributed by atoms with Crippen LogP contribution < -0.4 is 16.4 Å². The van der Waals surface area contributed by atoms with Crippen molar-refractivity contribution in [3.05, 3.63) is 22.7 Å². The first-order valence-electron chi connectivity index (χ1n) is 4.72. The van der Waals surface area contributed by atoms with Gasteiger partial charge in [-0.15, -0.1) is 0 Å². The quantitative estimate of drug-likeness (QED) is 0.574. The maximum atomic E-state index is 5.94. The van der Waals surface area contributed by atoms with E-state index in [1.54, 1.807) is 6.07 Å². The fourth-order valence-corrected chi connectivity index (χ4v) is 1.90. The molecule has 1 atom stereocenters. The molecular weight excluding hydrogens is 198 g/mol. The van der Waals surface area contributed by atoms with Gasteiger partial charge in [-0.25, -0.2) is 0 Å². The van der Waals surface area contributed by atoms with E-state index in [1.807, 2.05) is 6.07 Å². The van der Waals surface area contributed by atoms with Crippen LogP contribution in [0.3, 0.4) is 0 Å². The van der Waals surface area contributed by atoms with Crippen LogP contribution in [0.25, 0.3) is 0 Å². The van der Waals surface area contributed by atoms with Gasteiger partial charge in [0.2, 0.25) is 0 Å². The third-order valence-electron chi connectivity index (χ3n) is 2.44. The molecule has 0 aromatic heterocycles. The zero-order valence-electron chi connectivity index (χ0n) is 8.10. The summed E-state index contributed by atoms with van der Waals surface area (Å²) in [6, 6.07) is 4.18. The zero-order valence-corrected chi connectivity index (χ0v) is 8.86. The molecule has 1 aliphatic heterocycles. The smallest absolute Gasteiger partial charge is 0.0621 e. The van der Waals surface area contributed by atoms with E-state index in [1.165, 1.54) is 0 Å². The van der Waals surface area contributed by atoms with Gasteiger partial charge in [0.05, 0.1) is 11.4 Å². The van der Waals surface area contributed by atoms with Gasteiger partial charge in [0.15, 0.2) is 0 Å². The number of anilines is 2. The van der Waals surface area contributed by atoms with Gasteiger partial charge >= 0.3 is 0 Å². The average Bonchev–Trinajstić information content (AvgIpc) is 2.28. The number of nitrogen functional groups attached to an aromatic ring is 1. The molecule has 4 N–H and O–H groups in total. The molecule has 0 amide bonds. The van der Waals surface area contributed by atoms with Crippen molar-refractivity contribution in [1.29, 1.82) is 0 Å². The largest absolute Gasteiger partial charge is 0.397 e. The summed E-state index contributed by atoms with van der Waals surface area (Å²) >= 11 is 5.94. The van der Waals surface area contributed by atoms with Crippen LogP contribution in [0.4, 0.5) is 11.4 Å². The average molecular weight is 212 g/mol. The summed E-state index contributed by atoms with van der Waals surface area (Å²) in [6.45, 7) is 3.84. The summed E-state index contributed by atoms with van der Waals surface area (Å²) in [5.41, 5.74) is 8.77. The van der Waals surface area contributed by atoms with E-state index >= 15 is 0 Å². The minimum absolute atomic E-state index is 0.445. The molecule has 14 heavy (non-hydrogen) atoms. The Hall–Kier alpha value is -0.930. The van der Waals surface area contributed by atoms with Crippen molar-refractivity contribution < 1.29 is 0 Å². The van der Waals surface area contributed by atoms with E-state index in [9.17, 15) is 0 Å². The number of hydrogen-bond acceptors (Lipinski definition) is 3. The van der Waals surface area contributed by atoms with E-state index in [0.29, 0.717) is 11.1 Å². The maximum Gasteiger partial charge on any atom is 0.0621 e. The Morgan fingerprint density at radius 2 is 2.29 bits per heavy atom. The van der Waals surface area contributed by atoms with Gasteiger partial charge in [-0.1, -0.05) is 11.6 Å². The molecule has 0 radical (unpaired) electrons. The Labute approximate surface area is 88.6 Å². The highest BCUT2D eigenvalue weighted by Gasteiger charge is 2.13. The minimum atomic E-state index is 0.445. The molecule has 0 unspecified atom stereocenters. The van der Waals surface area contributed by atoms with Crippen molar-refractivity contribution in [2.75, 3.05) is 17.6 Å². The molecule has 0 saturated carbocycles. The normalized spacial score (nSPS) is 20.9. The molecule has 0 spiro atoms. The lowest BCUT2D eigenvalue weighted by Gasteiger charge is -2.11. The Morgan fingerprint density at radius 3 is 3.07 bits per heavy atom. The predicted octanol–water partition coefficient (Wildman–Crippen LogP) is 1.83.